The van der Waals surface area contributed by atoms with Crippen LogP contribution < -0.4 is 10.2 Å². The number of rotatable bonds is 3. The molecular formula is C19H20N2O2. The molecule has 4 nitrogen and oxygen atoms in total. The summed E-state index contributed by atoms with van der Waals surface area (Å²) in [6.07, 6.45) is 0.256. The number of hydrogen-bond donors (Lipinski definition) is 1. The van der Waals surface area contributed by atoms with Crippen LogP contribution in [-0.2, 0) is 9.59 Å². The van der Waals surface area contributed by atoms with E-state index in [2.05, 4.69) is 5.32 Å². The van der Waals surface area contributed by atoms with Crippen LogP contribution in [0.15, 0.2) is 48.5 Å². The van der Waals surface area contributed by atoms with Crippen molar-refractivity contribution in [2.45, 2.75) is 20.3 Å². The largest absolute Gasteiger partial charge is 0.326 e. The lowest BCUT2D eigenvalue weighted by Gasteiger charge is -2.21. The number of carbonyl (C=O) groups excluding carboxylic acids is 2. The number of anilines is 2. The Kier molecular flexibility index (Phi) is 4.15. The Labute approximate surface area is 136 Å². The van der Waals surface area contributed by atoms with Crippen molar-refractivity contribution in [2.24, 2.45) is 5.92 Å². The molecule has 1 heterocycles. The smallest absolute Gasteiger partial charge is 0.229 e. The summed E-state index contributed by atoms with van der Waals surface area (Å²) in [5.74, 6) is -0.407. The Bertz CT molecular complexity index is 720. The molecule has 0 saturated carbocycles. The number of hydrogen-bond acceptors (Lipinski definition) is 2. The Morgan fingerprint density at radius 1 is 1.04 bits per heavy atom. The first-order chi connectivity index (χ1) is 11.1. The summed E-state index contributed by atoms with van der Waals surface area (Å²) in [5, 5.41) is 2.89. The van der Waals surface area contributed by atoms with E-state index in [-0.39, 0.29) is 24.2 Å². The van der Waals surface area contributed by atoms with E-state index < -0.39 is 0 Å². The summed E-state index contributed by atoms with van der Waals surface area (Å²) in [4.78, 5) is 26.6. The highest BCUT2D eigenvalue weighted by atomic mass is 16.2. The van der Waals surface area contributed by atoms with Gasteiger partial charge in [0.2, 0.25) is 11.8 Å². The molecule has 2 aromatic rings. The Morgan fingerprint density at radius 2 is 1.70 bits per heavy atom. The van der Waals surface area contributed by atoms with Crippen LogP contribution in [0.25, 0.3) is 0 Å². The summed E-state index contributed by atoms with van der Waals surface area (Å²) in [6.45, 7) is 4.42. The summed E-state index contributed by atoms with van der Waals surface area (Å²) in [7, 11) is 0. The molecule has 4 heteroatoms. The van der Waals surface area contributed by atoms with Crippen LogP contribution in [0.5, 0.6) is 0 Å². The second-order valence-corrected chi connectivity index (χ2v) is 6.00. The van der Waals surface area contributed by atoms with Crippen LogP contribution in [0.3, 0.4) is 0 Å². The maximum Gasteiger partial charge on any atom is 0.229 e. The molecule has 3 rings (SSSR count). The fourth-order valence-electron chi connectivity index (χ4n) is 3.10. The van der Waals surface area contributed by atoms with Gasteiger partial charge in [0.15, 0.2) is 0 Å². The van der Waals surface area contributed by atoms with Gasteiger partial charge in [-0.2, -0.15) is 0 Å². The minimum atomic E-state index is -0.318. The monoisotopic (exact) mass is 308 g/mol. The molecule has 0 unspecified atom stereocenters. The molecule has 0 spiro atoms. The maximum absolute atomic E-state index is 12.4. The molecular weight excluding hydrogens is 288 g/mol. The second-order valence-electron chi connectivity index (χ2n) is 6.00. The van der Waals surface area contributed by atoms with E-state index in [1.807, 2.05) is 62.4 Å². The van der Waals surface area contributed by atoms with E-state index in [0.29, 0.717) is 6.54 Å². The fraction of sp³-hybridized carbons (Fsp3) is 0.263. The molecule has 23 heavy (non-hydrogen) atoms. The lowest BCUT2D eigenvalue weighted by Crippen LogP contribution is -2.29. The van der Waals surface area contributed by atoms with Gasteiger partial charge in [-0.15, -0.1) is 0 Å². The average Bonchev–Trinajstić information content (AvgIpc) is 2.90. The minimum absolute atomic E-state index is 0.00983. The predicted octanol–water partition coefficient (Wildman–Crippen LogP) is 3.30. The van der Waals surface area contributed by atoms with E-state index in [9.17, 15) is 9.59 Å². The van der Waals surface area contributed by atoms with Crippen LogP contribution in [0, 0.1) is 19.8 Å². The van der Waals surface area contributed by atoms with Gasteiger partial charge in [-0.1, -0.05) is 36.4 Å². The third-order valence-electron chi connectivity index (χ3n) is 4.25. The van der Waals surface area contributed by atoms with Crippen molar-refractivity contribution in [3.05, 3.63) is 59.7 Å². The molecule has 0 aromatic heterocycles. The van der Waals surface area contributed by atoms with Crippen molar-refractivity contribution < 1.29 is 9.59 Å². The molecule has 1 aliphatic rings. The van der Waals surface area contributed by atoms with Gasteiger partial charge in [-0.05, 0) is 37.1 Å². The Hall–Kier alpha value is -2.62. The zero-order valence-corrected chi connectivity index (χ0v) is 13.4. The highest BCUT2D eigenvalue weighted by molar-refractivity contribution is 6.04. The number of aryl methyl sites for hydroxylation is 2. The molecule has 2 amide bonds. The lowest BCUT2D eigenvalue weighted by atomic mass is 10.1. The van der Waals surface area contributed by atoms with Crippen LogP contribution in [0.1, 0.15) is 17.5 Å². The predicted molar refractivity (Wildman–Crippen MR) is 91.4 cm³/mol. The summed E-state index contributed by atoms with van der Waals surface area (Å²) in [5.41, 5.74) is 3.81. The van der Waals surface area contributed by atoms with Gasteiger partial charge < -0.3 is 10.2 Å². The van der Waals surface area contributed by atoms with Gasteiger partial charge in [-0.3, -0.25) is 9.59 Å². The topological polar surface area (TPSA) is 49.4 Å². The highest BCUT2D eigenvalue weighted by Crippen LogP contribution is 2.31. The van der Waals surface area contributed by atoms with Crippen molar-refractivity contribution in [3.8, 4) is 0 Å². The third kappa shape index (κ3) is 3.11. The molecule has 0 aliphatic carbocycles. The Morgan fingerprint density at radius 3 is 2.35 bits per heavy atom. The van der Waals surface area contributed by atoms with Crippen molar-refractivity contribution in [1.82, 2.24) is 0 Å². The summed E-state index contributed by atoms with van der Waals surface area (Å²) in [6, 6.07) is 15.3. The van der Waals surface area contributed by atoms with Crippen LogP contribution in [0.4, 0.5) is 11.4 Å². The third-order valence-corrected chi connectivity index (χ3v) is 4.25. The normalized spacial score (nSPS) is 17.4. The minimum Gasteiger partial charge on any atom is -0.326 e. The quantitative estimate of drug-likeness (QED) is 0.946. The molecule has 1 saturated heterocycles. The number of nitrogens with one attached hydrogen (secondary N) is 1. The lowest BCUT2D eigenvalue weighted by molar-refractivity contribution is -0.122. The molecule has 1 aliphatic heterocycles. The van der Waals surface area contributed by atoms with Crippen molar-refractivity contribution in [3.63, 3.8) is 0 Å². The first kappa shape index (κ1) is 15.3. The summed E-state index contributed by atoms with van der Waals surface area (Å²) < 4.78 is 0. The van der Waals surface area contributed by atoms with E-state index in [1.165, 1.54) is 0 Å². The van der Waals surface area contributed by atoms with Crippen molar-refractivity contribution >= 4 is 23.2 Å². The SMILES string of the molecule is Cc1cccc(C)c1N1C[C@@H](C(=O)Nc2ccccc2)CC1=O. The van der Waals surface area contributed by atoms with E-state index in [0.717, 1.165) is 22.5 Å². The molecule has 1 atom stereocenters. The number of para-hydroxylation sites is 2. The van der Waals surface area contributed by atoms with Gasteiger partial charge >= 0.3 is 0 Å². The molecule has 118 valence electrons. The van der Waals surface area contributed by atoms with Crippen LogP contribution in [-0.4, -0.2) is 18.4 Å². The zero-order chi connectivity index (χ0) is 16.4. The van der Waals surface area contributed by atoms with Crippen LogP contribution in [0.2, 0.25) is 0 Å². The number of carbonyl (C=O) groups is 2. The molecule has 1 N–H and O–H groups in total. The van der Waals surface area contributed by atoms with Crippen molar-refractivity contribution in [2.75, 3.05) is 16.8 Å². The number of amides is 2. The number of nitrogens with zero attached hydrogens (tertiary/aromatic N) is 1. The summed E-state index contributed by atoms with van der Waals surface area (Å²) >= 11 is 0. The standard InChI is InChI=1S/C19H20N2O2/c1-13-7-6-8-14(2)18(13)21-12-15(11-17(21)22)19(23)20-16-9-4-3-5-10-16/h3-10,15H,11-12H2,1-2H3,(H,20,23)/t15-/m0/s1. The molecule has 0 radical (unpaired) electrons. The first-order valence-corrected chi connectivity index (χ1v) is 7.79. The van der Waals surface area contributed by atoms with Crippen molar-refractivity contribution in [1.29, 1.82) is 0 Å². The average molecular weight is 308 g/mol. The van der Waals surface area contributed by atoms with E-state index >= 15 is 0 Å². The van der Waals surface area contributed by atoms with E-state index in [4.69, 9.17) is 0 Å². The van der Waals surface area contributed by atoms with Gasteiger partial charge in [0.05, 0.1) is 5.92 Å². The molecule has 2 aromatic carbocycles. The number of benzene rings is 2. The van der Waals surface area contributed by atoms with E-state index in [1.54, 1.807) is 4.90 Å². The van der Waals surface area contributed by atoms with Gasteiger partial charge in [0.1, 0.15) is 0 Å². The zero-order valence-electron chi connectivity index (χ0n) is 13.4. The van der Waals surface area contributed by atoms with Gasteiger partial charge in [0.25, 0.3) is 0 Å². The van der Waals surface area contributed by atoms with Crippen LogP contribution >= 0.6 is 0 Å². The molecule has 1 fully saturated rings. The molecule has 0 bridgehead atoms. The van der Waals surface area contributed by atoms with Gasteiger partial charge in [-0.25, -0.2) is 0 Å². The van der Waals surface area contributed by atoms with Gasteiger partial charge in [0, 0.05) is 24.3 Å². The Balaban J connectivity index is 1.76. The first-order valence-electron chi connectivity index (χ1n) is 7.79. The second kappa shape index (κ2) is 6.24. The highest BCUT2D eigenvalue weighted by Gasteiger charge is 2.36. The maximum atomic E-state index is 12.4. The fourth-order valence-corrected chi connectivity index (χ4v) is 3.10.